The molecule has 1 aromatic carbocycles. The van der Waals surface area contributed by atoms with Crippen LogP contribution in [0.4, 0.5) is 0 Å². The summed E-state index contributed by atoms with van der Waals surface area (Å²) in [5.41, 5.74) is 1.15. The summed E-state index contributed by atoms with van der Waals surface area (Å²) in [5, 5.41) is 6.26. The largest absolute Gasteiger partial charge is 0.377 e. The quantitative estimate of drug-likeness (QED) is 0.203. The molecule has 1 aromatic rings. The number of hydrogen-bond acceptors (Lipinski definition) is 5. The van der Waals surface area contributed by atoms with Crippen molar-refractivity contribution in [2.45, 2.75) is 38.9 Å². The second-order valence-corrected chi connectivity index (χ2v) is 9.57. The molecule has 1 aliphatic rings. The Morgan fingerprint density at radius 1 is 1.26 bits per heavy atom. The molecule has 0 radical (unpaired) electrons. The molecule has 3 N–H and O–H groups in total. The molecule has 0 aromatic heterocycles. The van der Waals surface area contributed by atoms with E-state index in [0.29, 0.717) is 38.9 Å². The fourth-order valence-electron chi connectivity index (χ4n) is 3.07. The van der Waals surface area contributed by atoms with Crippen LogP contribution in [0.3, 0.4) is 0 Å². The van der Waals surface area contributed by atoms with Gasteiger partial charge in [-0.05, 0) is 30.7 Å². The first-order valence-electron chi connectivity index (χ1n) is 10.6. The van der Waals surface area contributed by atoms with Crippen LogP contribution in [-0.2, 0) is 26.1 Å². The molecule has 2 rings (SSSR count). The smallest absolute Gasteiger partial charge is 0.213 e. The summed E-state index contributed by atoms with van der Waals surface area (Å²) in [6.45, 7) is 5.32. The van der Waals surface area contributed by atoms with Crippen LogP contribution in [0.1, 0.15) is 31.7 Å². The molecule has 31 heavy (non-hydrogen) atoms. The van der Waals surface area contributed by atoms with Gasteiger partial charge in [-0.2, -0.15) is 0 Å². The Hall–Kier alpha value is -0.950. The summed E-state index contributed by atoms with van der Waals surface area (Å²) < 4.78 is 38.3. The van der Waals surface area contributed by atoms with E-state index in [0.717, 1.165) is 24.8 Å². The van der Waals surface area contributed by atoms with Crippen molar-refractivity contribution in [3.8, 4) is 0 Å². The van der Waals surface area contributed by atoms with Crippen LogP contribution >= 0.6 is 24.0 Å². The first kappa shape index (κ1) is 28.1. The normalized spacial score (nSPS) is 18.1. The van der Waals surface area contributed by atoms with Crippen molar-refractivity contribution in [3.05, 3.63) is 35.9 Å². The summed E-state index contributed by atoms with van der Waals surface area (Å²) in [5.74, 6) is 0.847. The highest BCUT2D eigenvalue weighted by Crippen LogP contribution is 2.11. The zero-order valence-corrected chi connectivity index (χ0v) is 21.7. The second-order valence-electron chi connectivity index (χ2n) is 7.64. The number of nitrogens with zero attached hydrogens (tertiary/aromatic N) is 1. The third-order valence-corrected chi connectivity index (χ3v) is 6.17. The minimum absolute atomic E-state index is 0. The summed E-state index contributed by atoms with van der Waals surface area (Å²) in [4.78, 5) is 4.15. The van der Waals surface area contributed by atoms with Crippen molar-refractivity contribution >= 4 is 40.0 Å². The van der Waals surface area contributed by atoms with Gasteiger partial charge >= 0.3 is 0 Å². The van der Waals surface area contributed by atoms with Gasteiger partial charge < -0.3 is 20.1 Å². The van der Waals surface area contributed by atoms with Gasteiger partial charge in [0, 0.05) is 33.3 Å². The highest BCUT2D eigenvalue weighted by molar-refractivity contribution is 14.0. The average molecular weight is 569 g/mol. The lowest BCUT2D eigenvalue weighted by molar-refractivity contribution is 0.0200. The highest BCUT2D eigenvalue weighted by Gasteiger charge is 2.17. The molecule has 0 aliphatic carbocycles. The second kappa shape index (κ2) is 15.8. The maximum atomic E-state index is 12.2. The van der Waals surface area contributed by atoms with E-state index in [-0.39, 0.29) is 48.3 Å². The Balaban J connectivity index is 0.00000480. The van der Waals surface area contributed by atoms with E-state index in [1.165, 1.54) is 0 Å². The molecule has 0 saturated carbocycles. The van der Waals surface area contributed by atoms with E-state index in [9.17, 15) is 8.42 Å². The van der Waals surface area contributed by atoms with Gasteiger partial charge in [0.2, 0.25) is 10.0 Å². The fraction of sp³-hybridized carbons (Fsp3) is 0.667. The van der Waals surface area contributed by atoms with Crippen LogP contribution in [0.2, 0.25) is 0 Å². The zero-order valence-electron chi connectivity index (χ0n) is 18.5. The molecule has 0 amide bonds. The maximum Gasteiger partial charge on any atom is 0.213 e. The van der Waals surface area contributed by atoms with Crippen LogP contribution in [0, 0.1) is 5.92 Å². The molecule has 1 saturated heterocycles. The fourth-order valence-corrected chi connectivity index (χ4v) is 4.02. The Bertz CT molecular complexity index is 728. The van der Waals surface area contributed by atoms with E-state index in [1.54, 1.807) is 7.05 Å². The Labute approximate surface area is 204 Å². The Morgan fingerprint density at radius 3 is 2.71 bits per heavy atom. The van der Waals surface area contributed by atoms with E-state index in [4.69, 9.17) is 9.47 Å². The van der Waals surface area contributed by atoms with Gasteiger partial charge in [0.05, 0.1) is 25.1 Å². The maximum absolute atomic E-state index is 12.2. The van der Waals surface area contributed by atoms with E-state index in [1.807, 2.05) is 30.3 Å². The van der Waals surface area contributed by atoms with Crippen molar-refractivity contribution in [2.24, 2.45) is 10.9 Å². The molecule has 2 unspecified atom stereocenters. The predicted molar refractivity (Wildman–Crippen MR) is 135 cm³/mol. The van der Waals surface area contributed by atoms with E-state index < -0.39 is 10.0 Å². The summed E-state index contributed by atoms with van der Waals surface area (Å²) in [7, 11) is -1.68. The standard InChI is InChI=1S/C21H36N4O4S.HI/c1-18(16-28-17-19-8-4-3-5-9-19)14-24-21(22-2)23-11-13-30(26,27)25-15-20-10-6-7-12-29-20;/h3-5,8-9,18,20,25H,6-7,10-17H2,1-2H3,(H2,22,23,24);1H. The summed E-state index contributed by atoms with van der Waals surface area (Å²) in [6, 6.07) is 10.1. The molecule has 178 valence electrons. The number of halogens is 1. The number of aliphatic imine (C=N–C) groups is 1. The first-order valence-corrected chi connectivity index (χ1v) is 12.3. The van der Waals surface area contributed by atoms with Crippen LogP contribution in [-0.4, -0.2) is 66.1 Å². The summed E-state index contributed by atoms with van der Waals surface area (Å²) in [6.07, 6.45) is 3.04. The van der Waals surface area contributed by atoms with Crippen molar-refractivity contribution in [1.82, 2.24) is 15.4 Å². The molecule has 1 aliphatic heterocycles. The molecule has 0 spiro atoms. The molecular formula is C21H37IN4O4S. The molecule has 2 atom stereocenters. The van der Waals surface area contributed by atoms with Gasteiger partial charge in [0.15, 0.2) is 5.96 Å². The van der Waals surface area contributed by atoms with E-state index in [2.05, 4.69) is 27.3 Å². The molecular weight excluding hydrogens is 531 g/mol. The van der Waals surface area contributed by atoms with Gasteiger partial charge in [-0.1, -0.05) is 37.3 Å². The van der Waals surface area contributed by atoms with Crippen LogP contribution < -0.4 is 15.4 Å². The van der Waals surface area contributed by atoms with E-state index >= 15 is 0 Å². The minimum atomic E-state index is -3.35. The Kier molecular flexibility index (Phi) is 14.3. The Morgan fingerprint density at radius 2 is 2.03 bits per heavy atom. The number of guanidine groups is 1. The molecule has 0 bridgehead atoms. The number of ether oxygens (including phenoxy) is 2. The van der Waals surface area contributed by atoms with Gasteiger partial charge in [-0.25, -0.2) is 13.1 Å². The lowest BCUT2D eigenvalue weighted by atomic mass is 10.1. The highest BCUT2D eigenvalue weighted by atomic mass is 127. The van der Waals surface area contributed by atoms with Crippen LogP contribution in [0.25, 0.3) is 0 Å². The number of sulfonamides is 1. The van der Waals surface area contributed by atoms with Crippen LogP contribution in [0.15, 0.2) is 35.3 Å². The van der Waals surface area contributed by atoms with Crippen molar-refractivity contribution in [3.63, 3.8) is 0 Å². The lowest BCUT2D eigenvalue weighted by Gasteiger charge is -2.22. The molecule has 10 heteroatoms. The number of hydrogen-bond donors (Lipinski definition) is 3. The molecule has 1 heterocycles. The topological polar surface area (TPSA) is 101 Å². The van der Waals surface area contributed by atoms with Gasteiger partial charge in [0.25, 0.3) is 0 Å². The van der Waals surface area contributed by atoms with Crippen molar-refractivity contribution < 1.29 is 17.9 Å². The van der Waals surface area contributed by atoms with Crippen LogP contribution in [0.5, 0.6) is 0 Å². The van der Waals surface area contributed by atoms with Gasteiger partial charge in [0.1, 0.15) is 0 Å². The molecule has 1 fully saturated rings. The monoisotopic (exact) mass is 568 g/mol. The van der Waals surface area contributed by atoms with Gasteiger partial charge in [-0.15, -0.1) is 24.0 Å². The third-order valence-electron chi connectivity index (χ3n) is 4.82. The summed E-state index contributed by atoms with van der Waals surface area (Å²) >= 11 is 0. The van der Waals surface area contributed by atoms with Crippen molar-refractivity contribution in [2.75, 3.05) is 45.6 Å². The first-order chi connectivity index (χ1) is 14.5. The number of benzene rings is 1. The zero-order chi connectivity index (χ0) is 21.7. The lowest BCUT2D eigenvalue weighted by Crippen LogP contribution is -2.43. The van der Waals surface area contributed by atoms with Gasteiger partial charge in [-0.3, -0.25) is 4.99 Å². The SMILES string of the molecule is CN=C(NCCS(=O)(=O)NCC1CCCCO1)NCC(C)COCc1ccccc1.I. The van der Waals surface area contributed by atoms with Crippen molar-refractivity contribution in [1.29, 1.82) is 0 Å². The minimum Gasteiger partial charge on any atom is -0.377 e. The third kappa shape index (κ3) is 12.6. The number of rotatable bonds is 12. The average Bonchev–Trinajstić information content (AvgIpc) is 2.76. The predicted octanol–water partition coefficient (Wildman–Crippen LogP) is 2.11. The number of nitrogens with one attached hydrogen (secondary N) is 3. The molecule has 8 nitrogen and oxygen atoms in total.